The van der Waals surface area contributed by atoms with Crippen molar-refractivity contribution >= 4 is 22.2 Å². The largest absolute Gasteiger partial charge is 0.399 e. The number of nitrogens with two attached hydrogens (primary N) is 1. The first-order chi connectivity index (χ1) is 8.96. The number of fused-ring (bicyclic) bond motifs is 1. The van der Waals surface area contributed by atoms with E-state index < -0.39 is 0 Å². The molecule has 0 spiro atoms. The molecule has 0 radical (unpaired) electrons. The third kappa shape index (κ3) is 2.14. The van der Waals surface area contributed by atoms with Crippen LogP contribution in [0.3, 0.4) is 0 Å². The topological polar surface area (TPSA) is 43.8 Å². The summed E-state index contributed by atoms with van der Waals surface area (Å²) in [6, 6.07) is 6.03. The SMILES string of the molecule is Cn1nc(C2=CCC(C)(C)CC2)c2cc(N)ccc21. The van der Waals surface area contributed by atoms with Crippen LogP contribution in [0.1, 0.15) is 38.8 Å². The average Bonchev–Trinajstić information content (AvgIpc) is 2.66. The monoisotopic (exact) mass is 255 g/mol. The maximum absolute atomic E-state index is 5.92. The molecule has 2 aromatic rings. The van der Waals surface area contributed by atoms with Gasteiger partial charge in [-0.3, -0.25) is 4.68 Å². The molecule has 2 N–H and O–H groups in total. The number of hydrogen-bond acceptors (Lipinski definition) is 2. The summed E-state index contributed by atoms with van der Waals surface area (Å²) in [5.41, 5.74) is 10.8. The van der Waals surface area contributed by atoms with Gasteiger partial charge in [0.25, 0.3) is 0 Å². The first-order valence-corrected chi connectivity index (χ1v) is 6.88. The number of benzene rings is 1. The van der Waals surface area contributed by atoms with Gasteiger partial charge in [0.15, 0.2) is 0 Å². The molecule has 0 bridgehead atoms. The molecule has 1 aromatic carbocycles. The van der Waals surface area contributed by atoms with E-state index in [9.17, 15) is 0 Å². The smallest absolute Gasteiger partial charge is 0.0959 e. The van der Waals surface area contributed by atoms with Crippen molar-refractivity contribution in [2.75, 3.05) is 5.73 Å². The highest BCUT2D eigenvalue weighted by Crippen LogP contribution is 2.39. The summed E-state index contributed by atoms with van der Waals surface area (Å²) in [5, 5.41) is 5.87. The summed E-state index contributed by atoms with van der Waals surface area (Å²) in [6.07, 6.45) is 5.81. The summed E-state index contributed by atoms with van der Waals surface area (Å²) >= 11 is 0. The molecule has 1 heterocycles. The number of rotatable bonds is 1. The van der Waals surface area contributed by atoms with Gasteiger partial charge >= 0.3 is 0 Å². The molecule has 1 aliphatic rings. The Bertz CT molecular complexity index is 662. The highest BCUT2D eigenvalue weighted by Gasteiger charge is 2.24. The van der Waals surface area contributed by atoms with E-state index in [2.05, 4.69) is 26.0 Å². The molecule has 100 valence electrons. The molecule has 0 amide bonds. The van der Waals surface area contributed by atoms with Crippen molar-refractivity contribution in [2.24, 2.45) is 12.5 Å². The van der Waals surface area contributed by atoms with Crippen molar-refractivity contribution in [1.82, 2.24) is 9.78 Å². The molecule has 19 heavy (non-hydrogen) atoms. The fourth-order valence-electron chi connectivity index (χ4n) is 2.81. The lowest BCUT2D eigenvalue weighted by Gasteiger charge is -2.28. The number of aromatic nitrogens is 2. The number of hydrogen-bond donors (Lipinski definition) is 1. The fraction of sp³-hybridized carbons (Fsp3) is 0.438. The number of anilines is 1. The lowest BCUT2D eigenvalue weighted by atomic mass is 9.77. The maximum Gasteiger partial charge on any atom is 0.0959 e. The predicted octanol–water partition coefficient (Wildman–Crippen LogP) is 3.75. The zero-order chi connectivity index (χ0) is 13.6. The molecular formula is C16H21N3. The van der Waals surface area contributed by atoms with Gasteiger partial charge in [-0.2, -0.15) is 5.10 Å². The summed E-state index contributed by atoms with van der Waals surface area (Å²) in [5.74, 6) is 0. The Morgan fingerprint density at radius 2 is 2.11 bits per heavy atom. The van der Waals surface area contributed by atoms with Crippen molar-refractivity contribution in [3.63, 3.8) is 0 Å². The van der Waals surface area contributed by atoms with Gasteiger partial charge in [0.2, 0.25) is 0 Å². The Hall–Kier alpha value is -1.77. The molecule has 0 saturated carbocycles. The van der Waals surface area contributed by atoms with Gasteiger partial charge in [0.1, 0.15) is 0 Å². The van der Waals surface area contributed by atoms with E-state index in [1.807, 2.05) is 23.9 Å². The van der Waals surface area contributed by atoms with E-state index in [0.717, 1.165) is 29.7 Å². The Balaban J connectivity index is 2.11. The quantitative estimate of drug-likeness (QED) is 0.789. The van der Waals surface area contributed by atoms with Gasteiger partial charge in [-0.05, 0) is 48.4 Å². The first kappa shape index (κ1) is 12.3. The molecule has 0 unspecified atom stereocenters. The van der Waals surface area contributed by atoms with Crippen LogP contribution >= 0.6 is 0 Å². The van der Waals surface area contributed by atoms with Crippen molar-refractivity contribution in [3.8, 4) is 0 Å². The number of aryl methyl sites for hydroxylation is 1. The highest BCUT2D eigenvalue weighted by atomic mass is 15.3. The van der Waals surface area contributed by atoms with Gasteiger partial charge in [-0.25, -0.2) is 0 Å². The lowest BCUT2D eigenvalue weighted by molar-refractivity contribution is 0.334. The van der Waals surface area contributed by atoms with Gasteiger partial charge in [-0.1, -0.05) is 19.9 Å². The van der Waals surface area contributed by atoms with E-state index in [-0.39, 0.29) is 0 Å². The Kier molecular flexibility index (Phi) is 2.66. The highest BCUT2D eigenvalue weighted by molar-refractivity contribution is 5.92. The average molecular weight is 255 g/mol. The van der Waals surface area contributed by atoms with E-state index in [0.29, 0.717) is 5.41 Å². The summed E-state index contributed by atoms with van der Waals surface area (Å²) in [6.45, 7) is 4.66. The van der Waals surface area contributed by atoms with Crippen LogP contribution in [-0.4, -0.2) is 9.78 Å². The fourth-order valence-corrected chi connectivity index (χ4v) is 2.81. The second-order valence-electron chi connectivity index (χ2n) is 6.35. The molecule has 0 fully saturated rings. The van der Waals surface area contributed by atoms with Crippen LogP contribution in [0.4, 0.5) is 5.69 Å². The standard InChI is InChI=1S/C16H21N3/c1-16(2)8-6-11(7-9-16)15-13-10-12(17)4-5-14(13)19(3)18-15/h4-6,10H,7-9,17H2,1-3H3. The van der Waals surface area contributed by atoms with E-state index in [1.165, 1.54) is 17.4 Å². The second kappa shape index (κ2) is 4.12. The van der Waals surface area contributed by atoms with E-state index in [1.54, 1.807) is 0 Å². The minimum atomic E-state index is 0.424. The van der Waals surface area contributed by atoms with Crippen LogP contribution in [0.5, 0.6) is 0 Å². The van der Waals surface area contributed by atoms with Crippen LogP contribution in [0, 0.1) is 5.41 Å². The second-order valence-corrected chi connectivity index (χ2v) is 6.35. The predicted molar refractivity (Wildman–Crippen MR) is 80.7 cm³/mol. The summed E-state index contributed by atoms with van der Waals surface area (Å²) in [7, 11) is 2.00. The minimum Gasteiger partial charge on any atom is -0.399 e. The number of nitrogens with zero attached hydrogens (tertiary/aromatic N) is 2. The molecular weight excluding hydrogens is 234 g/mol. The van der Waals surface area contributed by atoms with Crippen LogP contribution < -0.4 is 5.73 Å². The van der Waals surface area contributed by atoms with Gasteiger partial charge < -0.3 is 5.73 Å². The summed E-state index contributed by atoms with van der Waals surface area (Å²) in [4.78, 5) is 0. The molecule has 0 atom stereocenters. The first-order valence-electron chi connectivity index (χ1n) is 6.88. The lowest BCUT2D eigenvalue weighted by Crippen LogP contribution is -2.14. The Morgan fingerprint density at radius 1 is 1.32 bits per heavy atom. The zero-order valence-corrected chi connectivity index (χ0v) is 11.9. The van der Waals surface area contributed by atoms with Crippen molar-refractivity contribution in [3.05, 3.63) is 30.0 Å². The number of nitrogen functional groups attached to an aromatic ring is 1. The van der Waals surface area contributed by atoms with Crippen LogP contribution in [0.2, 0.25) is 0 Å². The third-order valence-corrected chi connectivity index (χ3v) is 4.15. The maximum atomic E-state index is 5.92. The van der Waals surface area contributed by atoms with E-state index >= 15 is 0 Å². The van der Waals surface area contributed by atoms with Gasteiger partial charge in [0.05, 0.1) is 11.2 Å². The van der Waals surface area contributed by atoms with Crippen molar-refractivity contribution in [1.29, 1.82) is 0 Å². The Morgan fingerprint density at radius 3 is 2.79 bits per heavy atom. The third-order valence-electron chi connectivity index (χ3n) is 4.15. The molecule has 3 heteroatoms. The molecule has 0 aliphatic heterocycles. The zero-order valence-electron chi connectivity index (χ0n) is 11.9. The van der Waals surface area contributed by atoms with Crippen LogP contribution in [0.25, 0.3) is 16.5 Å². The van der Waals surface area contributed by atoms with Gasteiger partial charge in [0, 0.05) is 18.1 Å². The van der Waals surface area contributed by atoms with Crippen LogP contribution in [-0.2, 0) is 7.05 Å². The van der Waals surface area contributed by atoms with Crippen LogP contribution in [0.15, 0.2) is 24.3 Å². The van der Waals surface area contributed by atoms with Crippen molar-refractivity contribution in [2.45, 2.75) is 33.1 Å². The molecule has 1 aromatic heterocycles. The molecule has 3 rings (SSSR count). The van der Waals surface area contributed by atoms with Gasteiger partial charge in [-0.15, -0.1) is 0 Å². The molecule has 0 saturated heterocycles. The molecule has 1 aliphatic carbocycles. The molecule has 3 nitrogen and oxygen atoms in total. The van der Waals surface area contributed by atoms with E-state index in [4.69, 9.17) is 10.8 Å². The normalized spacial score (nSPS) is 18.6. The summed E-state index contributed by atoms with van der Waals surface area (Å²) < 4.78 is 1.95. The van der Waals surface area contributed by atoms with Crippen molar-refractivity contribution < 1.29 is 0 Å². The Labute approximate surface area is 114 Å². The minimum absolute atomic E-state index is 0.424. The number of allylic oxidation sites excluding steroid dienone is 2.